The number of carbonyl (C=O) groups is 1. The molecule has 1 amide bonds. The molecular weight excluding hydrogens is 304 g/mol. The third kappa shape index (κ3) is 3.19. The molecule has 0 saturated carbocycles. The van der Waals surface area contributed by atoms with Gasteiger partial charge in [0.1, 0.15) is 11.4 Å². The Morgan fingerprint density at radius 1 is 1.25 bits per heavy atom. The fourth-order valence-electron chi connectivity index (χ4n) is 2.30. The maximum absolute atomic E-state index is 12.5. The van der Waals surface area contributed by atoms with E-state index >= 15 is 0 Å². The number of anilines is 2. The van der Waals surface area contributed by atoms with Crippen LogP contribution in [0.5, 0.6) is 0 Å². The van der Waals surface area contributed by atoms with Crippen LogP contribution in [0.15, 0.2) is 43.0 Å². The fraction of sp³-hybridized carbons (Fsp3) is 0.294. The van der Waals surface area contributed by atoms with E-state index in [9.17, 15) is 4.79 Å². The first-order valence-corrected chi connectivity index (χ1v) is 7.66. The largest absolute Gasteiger partial charge is 0.347 e. The zero-order chi connectivity index (χ0) is 17.3. The topological polar surface area (TPSA) is 75.4 Å². The lowest BCUT2D eigenvalue weighted by molar-refractivity contribution is 0.0921. The van der Waals surface area contributed by atoms with Crippen molar-refractivity contribution >= 4 is 23.1 Å². The summed E-state index contributed by atoms with van der Waals surface area (Å²) in [6, 6.07) is 5.66. The number of amides is 1. The highest BCUT2D eigenvalue weighted by Crippen LogP contribution is 2.21. The summed E-state index contributed by atoms with van der Waals surface area (Å²) >= 11 is 0. The molecule has 0 aromatic carbocycles. The van der Waals surface area contributed by atoms with Crippen LogP contribution in [0.3, 0.4) is 0 Å². The summed E-state index contributed by atoms with van der Waals surface area (Å²) in [5.74, 6) is 0.520. The normalized spacial score (nSPS) is 11.5. The Bertz CT molecular complexity index is 866. The number of carbonyl (C=O) groups excluding carboxylic acids is 1. The smallest absolute Gasteiger partial charge is 0.257 e. The molecule has 0 fully saturated rings. The molecule has 1 N–H and O–H groups in total. The Hall–Kier alpha value is -2.96. The van der Waals surface area contributed by atoms with Gasteiger partial charge in [0.25, 0.3) is 5.91 Å². The van der Waals surface area contributed by atoms with Gasteiger partial charge >= 0.3 is 0 Å². The molecule has 0 saturated heterocycles. The van der Waals surface area contributed by atoms with Crippen LogP contribution >= 0.6 is 0 Å². The first kappa shape index (κ1) is 15.9. The van der Waals surface area contributed by atoms with Crippen molar-refractivity contribution in [2.24, 2.45) is 0 Å². The van der Waals surface area contributed by atoms with E-state index in [0.717, 1.165) is 5.69 Å². The maximum Gasteiger partial charge on any atom is 0.257 e. The highest BCUT2D eigenvalue weighted by molar-refractivity contribution is 6.00. The summed E-state index contributed by atoms with van der Waals surface area (Å²) in [7, 11) is 1.90. The summed E-state index contributed by atoms with van der Waals surface area (Å²) in [4.78, 5) is 23.1. The van der Waals surface area contributed by atoms with Crippen LogP contribution in [0.25, 0.3) is 5.65 Å². The van der Waals surface area contributed by atoms with E-state index in [0.29, 0.717) is 17.0 Å². The number of pyridine rings is 1. The Morgan fingerprint density at radius 3 is 2.71 bits per heavy atom. The molecule has 3 rings (SSSR count). The second-order valence-electron chi connectivity index (χ2n) is 6.59. The number of rotatable bonds is 3. The minimum Gasteiger partial charge on any atom is -0.347 e. The van der Waals surface area contributed by atoms with Crippen LogP contribution < -0.4 is 10.2 Å². The SMILES string of the molecule is CN(c1cccnc1)c1ccn2ncc(C(=O)NC(C)(C)C)c2n1. The van der Waals surface area contributed by atoms with Crippen molar-refractivity contribution in [3.8, 4) is 0 Å². The first-order chi connectivity index (χ1) is 11.3. The lowest BCUT2D eigenvalue weighted by Crippen LogP contribution is -2.40. The van der Waals surface area contributed by atoms with Crippen LogP contribution in [0, 0.1) is 0 Å². The molecule has 0 aliphatic heterocycles. The molecule has 7 nitrogen and oxygen atoms in total. The van der Waals surface area contributed by atoms with Gasteiger partial charge in [0.05, 0.1) is 18.1 Å². The predicted molar refractivity (Wildman–Crippen MR) is 92.5 cm³/mol. The van der Waals surface area contributed by atoms with E-state index in [2.05, 4.69) is 20.4 Å². The van der Waals surface area contributed by atoms with E-state index < -0.39 is 0 Å². The van der Waals surface area contributed by atoms with Crippen molar-refractivity contribution in [3.05, 3.63) is 48.5 Å². The number of hydrogen-bond donors (Lipinski definition) is 1. The zero-order valence-electron chi connectivity index (χ0n) is 14.2. The molecule has 3 heterocycles. The van der Waals surface area contributed by atoms with E-state index in [4.69, 9.17) is 0 Å². The van der Waals surface area contributed by atoms with Crippen molar-refractivity contribution in [3.63, 3.8) is 0 Å². The van der Waals surface area contributed by atoms with Gasteiger partial charge in [0, 0.05) is 25.0 Å². The summed E-state index contributed by atoms with van der Waals surface area (Å²) in [5.41, 5.74) is 1.56. The van der Waals surface area contributed by atoms with Crippen molar-refractivity contribution in [2.75, 3.05) is 11.9 Å². The second-order valence-corrected chi connectivity index (χ2v) is 6.59. The Kier molecular flexibility index (Phi) is 3.92. The Balaban J connectivity index is 1.98. The van der Waals surface area contributed by atoms with E-state index in [1.165, 1.54) is 6.20 Å². The number of nitrogens with one attached hydrogen (secondary N) is 1. The molecule has 0 aliphatic carbocycles. The first-order valence-electron chi connectivity index (χ1n) is 7.66. The monoisotopic (exact) mass is 324 g/mol. The zero-order valence-corrected chi connectivity index (χ0v) is 14.2. The van der Waals surface area contributed by atoms with Crippen LogP contribution in [0.4, 0.5) is 11.5 Å². The molecule has 0 unspecified atom stereocenters. The van der Waals surface area contributed by atoms with Gasteiger partial charge in [0.15, 0.2) is 5.65 Å². The predicted octanol–water partition coefficient (Wildman–Crippen LogP) is 2.42. The van der Waals surface area contributed by atoms with Gasteiger partial charge in [-0.25, -0.2) is 9.50 Å². The molecule has 3 aromatic rings. The molecule has 0 spiro atoms. The summed E-state index contributed by atoms with van der Waals surface area (Å²) in [6.07, 6.45) is 6.81. The van der Waals surface area contributed by atoms with Crippen molar-refractivity contribution in [2.45, 2.75) is 26.3 Å². The van der Waals surface area contributed by atoms with Gasteiger partial charge in [-0.3, -0.25) is 9.78 Å². The molecule has 3 aromatic heterocycles. The van der Waals surface area contributed by atoms with Crippen LogP contribution in [-0.2, 0) is 0 Å². The number of fused-ring (bicyclic) bond motifs is 1. The molecule has 124 valence electrons. The van der Waals surface area contributed by atoms with Gasteiger partial charge in [-0.15, -0.1) is 0 Å². The number of aromatic nitrogens is 4. The summed E-state index contributed by atoms with van der Waals surface area (Å²) < 4.78 is 1.60. The van der Waals surface area contributed by atoms with Gasteiger partial charge in [-0.2, -0.15) is 5.10 Å². The minimum atomic E-state index is -0.324. The Morgan fingerprint density at radius 2 is 2.04 bits per heavy atom. The van der Waals surface area contributed by atoms with Crippen molar-refractivity contribution < 1.29 is 4.79 Å². The standard InChI is InChI=1S/C17H20N6O/c1-17(2,3)21-16(24)13-11-19-23-9-7-14(20-15(13)23)22(4)12-6-5-8-18-10-12/h5-11H,1-4H3,(H,21,24). The molecule has 0 radical (unpaired) electrons. The van der Waals surface area contributed by atoms with Crippen molar-refractivity contribution in [1.82, 2.24) is 24.9 Å². The van der Waals surface area contributed by atoms with Gasteiger partial charge in [-0.1, -0.05) is 0 Å². The molecule has 0 atom stereocenters. The highest BCUT2D eigenvalue weighted by Gasteiger charge is 2.20. The van der Waals surface area contributed by atoms with Crippen molar-refractivity contribution in [1.29, 1.82) is 0 Å². The van der Waals surface area contributed by atoms with Gasteiger partial charge in [-0.05, 0) is 39.0 Å². The van der Waals surface area contributed by atoms with E-state index in [-0.39, 0.29) is 11.4 Å². The average Bonchev–Trinajstić information content (AvgIpc) is 2.96. The molecular formula is C17H20N6O. The molecule has 0 aliphatic rings. The minimum absolute atomic E-state index is 0.189. The van der Waals surface area contributed by atoms with Gasteiger partial charge < -0.3 is 10.2 Å². The molecule has 7 heteroatoms. The molecule has 24 heavy (non-hydrogen) atoms. The quantitative estimate of drug-likeness (QED) is 0.801. The maximum atomic E-state index is 12.5. The fourth-order valence-corrected chi connectivity index (χ4v) is 2.30. The van der Waals surface area contributed by atoms with E-state index in [1.807, 2.05) is 50.9 Å². The lowest BCUT2D eigenvalue weighted by atomic mass is 10.1. The lowest BCUT2D eigenvalue weighted by Gasteiger charge is -2.20. The van der Waals surface area contributed by atoms with Crippen LogP contribution in [-0.4, -0.2) is 38.1 Å². The Labute approximate surface area is 140 Å². The van der Waals surface area contributed by atoms with Crippen LogP contribution in [0.2, 0.25) is 0 Å². The second kappa shape index (κ2) is 5.92. The van der Waals surface area contributed by atoms with Crippen LogP contribution in [0.1, 0.15) is 31.1 Å². The molecule has 0 bridgehead atoms. The average molecular weight is 324 g/mol. The summed E-state index contributed by atoms with van der Waals surface area (Å²) in [6.45, 7) is 5.81. The van der Waals surface area contributed by atoms with E-state index in [1.54, 1.807) is 23.1 Å². The highest BCUT2D eigenvalue weighted by atomic mass is 16.1. The van der Waals surface area contributed by atoms with Gasteiger partial charge in [0.2, 0.25) is 0 Å². The third-order valence-corrected chi connectivity index (χ3v) is 3.46. The summed E-state index contributed by atoms with van der Waals surface area (Å²) in [5, 5.41) is 7.14. The third-order valence-electron chi connectivity index (χ3n) is 3.46. The number of nitrogens with zero attached hydrogens (tertiary/aromatic N) is 5. The number of hydrogen-bond acceptors (Lipinski definition) is 5.